The Bertz CT molecular complexity index is 379. The third kappa shape index (κ3) is 2.69. The van der Waals surface area contributed by atoms with E-state index in [1.54, 1.807) is 7.11 Å². The predicted molar refractivity (Wildman–Crippen MR) is 76.5 cm³/mol. The lowest BCUT2D eigenvalue weighted by molar-refractivity contribution is 0.406. The molecule has 1 aliphatic rings. The van der Waals surface area contributed by atoms with Gasteiger partial charge < -0.3 is 10.1 Å². The summed E-state index contributed by atoms with van der Waals surface area (Å²) in [5.74, 6) is 2.36. The maximum absolute atomic E-state index is 5.53. The zero-order valence-electron chi connectivity index (χ0n) is 11.8. The van der Waals surface area contributed by atoms with Crippen molar-refractivity contribution < 1.29 is 4.74 Å². The molecular weight excluding hydrogens is 222 g/mol. The smallest absolute Gasteiger partial charge is 0.122 e. The number of benzene rings is 1. The van der Waals surface area contributed by atoms with Gasteiger partial charge in [-0.05, 0) is 48.9 Å². The van der Waals surface area contributed by atoms with E-state index in [1.807, 2.05) is 0 Å². The SMILES string of the molecule is CCC(CC)c1ccc(OC)c(C2CCNC2)c1. The molecule has 0 radical (unpaired) electrons. The van der Waals surface area contributed by atoms with E-state index in [1.165, 1.54) is 30.4 Å². The second-order valence-corrected chi connectivity index (χ2v) is 5.20. The van der Waals surface area contributed by atoms with Crippen LogP contribution in [0.2, 0.25) is 0 Å². The van der Waals surface area contributed by atoms with Crippen LogP contribution in [0.1, 0.15) is 56.1 Å². The molecule has 0 bridgehead atoms. The Morgan fingerprint density at radius 3 is 2.67 bits per heavy atom. The molecule has 100 valence electrons. The van der Waals surface area contributed by atoms with Gasteiger partial charge in [-0.3, -0.25) is 0 Å². The molecule has 1 aromatic carbocycles. The molecule has 1 atom stereocenters. The van der Waals surface area contributed by atoms with Crippen molar-refractivity contribution in [3.63, 3.8) is 0 Å². The van der Waals surface area contributed by atoms with Crippen LogP contribution in [0.15, 0.2) is 18.2 Å². The van der Waals surface area contributed by atoms with Gasteiger partial charge in [0, 0.05) is 12.5 Å². The highest BCUT2D eigenvalue weighted by Crippen LogP contribution is 2.34. The minimum absolute atomic E-state index is 0.620. The van der Waals surface area contributed by atoms with Crippen molar-refractivity contribution in [3.8, 4) is 5.75 Å². The lowest BCUT2D eigenvalue weighted by Gasteiger charge is -2.19. The topological polar surface area (TPSA) is 21.3 Å². The number of nitrogens with one attached hydrogen (secondary N) is 1. The number of methoxy groups -OCH3 is 1. The Labute approximate surface area is 111 Å². The molecule has 2 nitrogen and oxygen atoms in total. The molecule has 2 heteroatoms. The Kier molecular flexibility index (Phi) is 4.65. The molecule has 1 saturated heterocycles. The molecular formula is C16H25NO. The molecule has 0 saturated carbocycles. The second-order valence-electron chi connectivity index (χ2n) is 5.20. The van der Waals surface area contributed by atoms with Crippen LogP contribution in [0.5, 0.6) is 5.75 Å². The fourth-order valence-electron chi connectivity index (χ4n) is 3.01. The van der Waals surface area contributed by atoms with Crippen molar-refractivity contribution >= 4 is 0 Å². The second kappa shape index (κ2) is 6.24. The van der Waals surface area contributed by atoms with Gasteiger partial charge in [0.15, 0.2) is 0 Å². The first-order valence-corrected chi connectivity index (χ1v) is 7.18. The Morgan fingerprint density at radius 1 is 1.33 bits per heavy atom. The summed E-state index contributed by atoms with van der Waals surface area (Å²) in [6.07, 6.45) is 3.65. The summed E-state index contributed by atoms with van der Waals surface area (Å²) in [7, 11) is 1.78. The third-order valence-corrected chi connectivity index (χ3v) is 4.21. The molecule has 0 aliphatic carbocycles. The predicted octanol–water partition coefficient (Wildman–Crippen LogP) is 3.68. The molecule has 1 unspecified atom stereocenters. The van der Waals surface area contributed by atoms with E-state index in [4.69, 9.17) is 4.74 Å². The quantitative estimate of drug-likeness (QED) is 0.857. The van der Waals surface area contributed by atoms with Gasteiger partial charge >= 0.3 is 0 Å². The van der Waals surface area contributed by atoms with Crippen LogP contribution in [0, 0.1) is 0 Å². The van der Waals surface area contributed by atoms with Crippen molar-refractivity contribution in [2.75, 3.05) is 20.2 Å². The zero-order chi connectivity index (χ0) is 13.0. The summed E-state index contributed by atoms with van der Waals surface area (Å²) < 4.78 is 5.53. The number of rotatable bonds is 5. The number of hydrogen-bond donors (Lipinski definition) is 1. The molecule has 2 rings (SSSR count). The van der Waals surface area contributed by atoms with Gasteiger partial charge in [0.1, 0.15) is 5.75 Å². The van der Waals surface area contributed by atoms with Crippen LogP contribution < -0.4 is 10.1 Å². The maximum Gasteiger partial charge on any atom is 0.122 e. The van der Waals surface area contributed by atoms with E-state index in [-0.39, 0.29) is 0 Å². The van der Waals surface area contributed by atoms with Crippen LogP contribution in [0.4, 0.5) is 0 Å². The highest BCUT2D eigenvalue weighted by molar-refractivity contribution is 5.41. The summed E-state index contributed by atoms with van der Waals surface area (Å²) in [6.45, 7) is 6.76. The van der Waals surface area contributed by atoms with Crippen molar-refractivity contribution in [1.29, 1.82) is 0 Å². The minimum Gasteiger partial charge on any atom is -0.496 e. The summed E-state index contributed by atoms with van der Waals surface area (Å²) in [4.78, 5) is 0. The van der Waals surface area contributed by atoms with Gasteiger partial charge in [-0.2, -0.15) is 0 Å². The maximum atomic E-state index is 5.53. The third-order valence-electron chi connectivity index (χ3n) is 4.21. The van der Waals surface area contributed by atoms with Crippen LogP contribution in [0.3, 0.4) is 0 Å². The van der Waals surface area contributed by atoms with Crippen molar-refractivity contribution in [2.24, 2.45) is 0 Å². The lowest BCUT2D eigenvalue weighted by atomic mass is 9.89. The Balaban J connectivity index is 2.31. The van der Waals surface area contributed by atoms with Crippen LogP contribution >= 0.6 is 0 Å². The normalized spacial score (nSPS) is 19.4. The molecule has 0 amide bonds. The first-order chi connectivity index (χ1) is 8.80. The van der Waals surface area contributed by atoms with Crippen molar-refractivity contribution in [2.45, 2.75) is 44.9 Å². The van der Waals surface area contributed by atoms with Crippen molar-refractivity contribution in [3.05, 3.63) is 29.3 Å². The first kappa shape index (κ1) is 13.4. The van der Waals surface area contributed by atoms with Crippen LogP contribution in [-0.4, -0.2) is 20.2 Å². The van der Waals surface area contributed by atoms with Gasteiger partial charge in [-0.15, -0.1) is 0 Å². The van der Waals surface area contributed by atoms with Crippen LogP contribution in [0.25, 0.3) is 0 Å². The highest BCUT2D eigenvalue weighted by atomic mass is 16.5. The van der Waals surface area contributed by atoms with E-state index in [0.29, 0.717) is 11.8 Å². The Hall–Kier alpha value is -1.02. The van der Waals surface area contributed by atoms with E-state index in [9.17, 15) is 0 Å². The largest absolute Gasteiger partial charge is 0.496 e. The fraction of sp³-hybridized carbons (Fsp3) is 0.625. The van der Waals surface area contributed by atoms with Crippen LogP contribution in [-0.2, 0) is 0 Å². The molecule has 1 heterocycles. The fourth-order valence-corrected chi connectivity index (χ4v) is 3.01. The molecule has 1 aromatic rings. The molecule has 1 N–H and O–H groups in total. The highest BCUT2D eigenvalue weighted by Gasteiger charge is 2.21. The Morgan fingerprint density at radius 2 is 2.11 bits per heavy atom. The van der Waals surface area contributed by atoms with Gasteiger partial charge in [0.25, 0.3) is 0 Å². The molecule has 1 aliphatic heterocycles. The number of ether oxygens (including phenoxy) is 1. The van der Waals surface area contributed by atoms with Gasteiger partial charge in [-0.25, -0.2) is 0 Å². The van der Waals surface area contributed by atoms with Gasteiger partial charge in [0.2, 0.25) is 0 Å². The molecule has 18 heavy (non-hydrogen) atoms. The molecule has 0 aromatic heterocycles. The van der Waals surface area contributed by atoms with E-state index >= 15 is 0 Å². The lowest BCUT2D eigenvalue weighted by Crippen LogP contribution is -2.09. The van der Waals surface area contributed by atoms with Gasteiger partial charge in [0.05, 0.1) is 7.11 Å². The molecule has 0 spiro atoms. The average Bonchev–Trinajstić information content (AvgIpc) is 2.94. The zero-order valence-corrected chi connectivity index (χ0v) is 11.8. The van der Waals surface area contributed by atoms with E-state index < -0.39 is 0 Å². The van der Waals surface area contributed by atoms with Crippen molar-refractivity contribution in [1.82, 2.24) is 5.32 Å². The molecule has 1 fully saturated rings. The van der Waals surface area contributed by atoms with E-state index in [0.717, 1.165) is 18.8 Å². The number of hydrogen-bond acceptors (Lipinski definition) is 2. The monoisotopic (exact) mass is 247 g/mol. The average molecular weight is 247 g/mol. The van der Waals surface area contributed by atoms with E-state index in [2.05, 4.69) is 37.4 Å². The summed E-state index contributed by atoms with van der Waals surface area (Å²) in [5, 5.41) is 3.44. The first-order valence-electron chi connectivity index (χ1n) is 7.18. The minimum atomic E-state index is 0.620. The standard InChI is InChI=1S/C16H25NO/c1-4-12(5-2)13-6-7-16(18-3)15(10-13)14-8-9-17-11-14/h6-7,10,12,14,17H,4-5,8-9,11H2,1-3H3. The summed E-state index contributed by atoms with van der Waals surface area (Å²) in [5.41, 5.74) is 2.87. The summed E-state index contributed by atoms with van der Waals surface area (Å²) >= 11 is 0. The summed E-state index contributed by atoms with van der Waals surface area (Å²) in [6, 6.07) is 6.78. The van der Waals surface area contributed by atoms with Gasteiger partial charge in [-0.1, -0.05) is 26.0 Å².